The highest BCUT2D eigenvalue weighted by atomic mass is 16.5. The monoisotopic (exact) mass is 462 g/mol. The lowest BCUT2D eigenvalue weighted by Gasteiger charge is -2.24. The van der Waals surface area contributed by atoms with Gasteiger partial charge in [0, 0.05) is 35.2 Å². The Morgan fingerprint density at radius 3 is 2.71 bits per heavy atom. The molecule has 0 unspecified atom stereocenters. The number of aryl methyl sites for hydroxylation is 1. The first-order valence-corrected chi connectivity index (χ1v) is 11.0. The summed E-state index contributed by atoms with van der Waals surface area (Å²) in [6, 6.07) is 15.9. The van der Waals surface area contributed by atoms with Crippen LogP contribution in [0.15, 0.2) is 54.6 Å². The Hall–Kier alpha value is -3.98. The van der Waals surface area contributed by atoms with E-state index in [0.717, 1.165) is 22.2 Å². The summed E-state index contributed by atoms with van der Waals surface area (Å²) in [5.41, 5.74) is 4.85. The molecule has 1 fully saturated rings. The maximum Gasteiger partial charge on any atom is 0.251 e. The predicted molar refractivity (Wildman–Crippen MR) is 124 cm³/mol. The molecule has 0 aliphatic carbocycles. The Morgan fingerprint density at radius 2 is 1.94 bits per heavy atom. The Kier molecular flexibility index (Phi) is 7.03. The number of fused-ring (bicyclic) bond motifs is 1. The fraction of sp³-hybridized carbons (Fsp3) is 0.280. The molecule has 34 heavy (non-hydrogen) atoms. The lowest BCUT2D eigenvalue weighted by Crippen LogP contribution is -2.50. The van der Waals surface area contributed by atoms with Crippen LogP contribution >= 0.6 is 0 Å². The number of nitrogens with zero attached hydrogens (tertiary/aromatic N) is 1. The van der Waals surface area contributed by atoms with Crippen LogP contribution in [0.2, 0.25) is 0 Å². The third-order valence-electron chi connectivity index (χ3n) is 5.89. The number of benzene rings is 2. The van der Waals surface area contributed by atoms with E-state index in [1.807, 2.05) is 37.3 Å². The Bertz CT molecular complexity index is 1210. The number of hydrogen-bond donors (Lipinski definition) is 4. The highest BCUT2D eigenvalue weighted by molar-refractivity contribution is 5.95. The van der Waals surface area contributed by atoms with Gasteiger partial charge < -0.3 is 15.4 Å². The number of para-hydroxylation sites is 1. The van der Waals surface area contributed by atoms with Gasteiger partial charge in [-0.05, 0) is 49.7 Å². The molecule has 4 rings (SSSR count). The lowest BCUT2D eigenvalue weighted by molar-refractivity contribution is -0.134. The van der Waals surface area contributed by atoms with Crippen molar-refractivity contribution in [3.63, 3.8) is 0 Å². The van der Waals surface area contributed by atoms with Gasteiger partial charge in [-0.25, -0.2) is 5.48 Å². The minimum absolute atomic E-state index is 0.100. The minimum Gasteiger partial charge on any atom is -0.489 e. The van der Waals surface area contributed by atoms with Crippen molar-refractivity contribution in [3.05, 3.63) is 71.4 Å². The van der Waals surface area contributed by atoms with E-state index in [2.05, 4.69) is 15.6 Å². The standard InChI is InChI=1S/C25H26N4O5/c1-15-12-17(19-4-2-3-5-21(19)27-15)14-34-18-8-6-16(7-9-18)24(31)28-22-13-26-23(30)11-10-20(22)25(32)29-33/h2-9,12,20,22,33H,10-11,13-14H2,1H3,(H,26,30)(H,28,31)(H,29,32)/t20-,22+/m0/s1. The number of carbonyl (C=O) groups is 3. The molecule has 9 heteroatoms. The smallest absolute Gasteiger partial charge is 0.251 e. The fourth-order valence-electron chi connectivity index (χ4n) is 4.12. The number of hydrogen-bond acceptors (Lipinski definition) is 6. The fourth-order valence-corrected chi connectivity index (χ4v) is 4.12. The second-order valence-electron chi connectivity index (χ2n) is 8.26. The van der Waals surface area contributed by atoms with Gasteiger partial charge in [0.15, 0.2) is 0 Å². The Labute approximate surface area is 196 Å². The van der Waals surface area contributed by atoms with Crippen LogP contribution in [0.1, 0.15) is 34.5 Å². The van der Waals surface area contributed by atoms with Crippen molar-refractivity contribution in [3.8, 4) is 5.75 Å². The normalized spacial score (nSPS) is 18.0. The van der Waals surface area contributed by atoms with Crippen molar-refractivity contribution in [2.45, 2.75) is 32.4 Å². The first-order valence-electron chi connectivity index (χ1n) is 11.0. The van der Waals surface area contributed by atoms with Gasteiger partial charge in [-0.15, -0.1) is 0 Å². The number of nitrogens with one attached hydrogen (secondary N) is 3. The maximum absolute atomic E-state index is 12.8. The van der Waals surface area contributed by atoms with Crippen LogP contribution in [0.25, 0.3) is 10.9 Å². The van der Waals surface area contributed by atoms with Crippen LogP contribution in [-0.2, 0) is 16.2 Å². The van der Waals surface area contributed by atoms with Gasteiger partial charge in [-0.1, -0.05) is 18.2 Å². The second-order valence-corrected chi connectivity index (χ2v) is 8.26. The molecule has 1 aliphatic rings. The first kappa shape index (κ1) is 23.2. The van der Waals surface area contributed by atoms with E-state index in [0.29, 0.717) is 17.9 Å². The molecule has 0 saturated carbocycles. The van der Waals surface area contributed by atoms with Crippen LogP contribution in [0.3, 0.4) is 0 Å². The number of pyridine rings is 1. The summed E-state index contributed by atoms with van der Waals surface area (Å²) in [6.07, 6.45) is 0.363. The van der Waals surface area contributed by atoms with Crippen LogP contribution in [0, 0.1) is 12.8 Å². The highest BCUT2D eigenvalue weighted by Crippen LogP contribution is 2.21. The lowest BCUT2D eigenvalue weighted by atomic mass is 9.94. The Balaban J connectivity index is 1.42. The molecule has 0 spiro atoms. The van der Waals surface area contributed by atoms with Crippen molar-refractivity contribution < 1.29 is 24.3 Å². The molecule has 176 valence electrons. The van der Waals surface area contributed by atoms with Crippen LogP contribution in [-0.4, -0.2) is 40.5 Å². The third-order valence-corrected chi connectivity index (χ3v) is 5.89. The van der Waals surface area contributed by atoms with E-state index in [1.165, 1.54) is 0 Å². The van der Waals surface area contributed by atoms with Crippen molar-refractivity contribution in [2.24, 2.45) is 5.92 Å². The van der Waals surface area contributed by atoms with Crippen molar-refractivity contribution in [1.29, 1.82) is 0 Å². The number of carbonyl (C=O) groups excluding carboxylic acids is 3. The van der Waals surface area contributed by atoms with Crippen molar-refractivity contribution in [1.82, 2.24) is 21.1 Å². The average Bonchev–Trinajstić information content (AvgIpc) is 3.03. The molecule has 9 nitrogen and oxygen atoms in total. The molecule has 2 atom stereocenters. The molecule has 4 N–H and O–H groups in total. The van der Waals surface area contributed by atoms with E-state index in [1.54, 1.807) is 29.7 Å². The topological polar surface area (TPSA) is 130 Å². The zero-order valence-electron chi connectivity index (χ0n) is 18.7. The molecule has 2 heterocycles. The van der Waals surface area contributed by atoms with Crippen molar-refractivity contribution >= 4 is 28.6 Å². The number of aromatic nitrogens is 1. The third kappa shape index (κ3) is 5.32. The van der Waals surface area contributed by atoms with Gasteiger partial charge in [-0.3, -0.25) is 24.6 Å². The molecule has 2 aromatic carbocycles. The molecule has 0 bridgehead atoms. The predicted octanol–water partition coefficient (Wildman–Crippen LogP) is 2.25. The summed E-state index contributed by atoms with van der Waals surface area (Å²) in [4.78, 5) is 41.0. The van der Waals surface area contributed by atoms with Gasteiger partial charge in [0.25, 0.3) is 5.91 Å². The number of amides is 3. The molecular formula is C25H26N4O5. The molecule has 3 aromatic rings. The van der Waals surface area contributed by atoms with Gasteiger partial charge in [0.2, 0.25) is 11.8 Å². The minimum atomic E-state index is -0.728. The van der Waals surface area contributed by atoms with Gasteiger partial charge in [0.1, 0.15) is 12.4 Å². The van der Waals surface area contributed by atoms with Gasteiger partial charge >= 0.3 is 0 Å². The largest absolute Gasteiger partial charge is 0.489 e. The van der Waals surface area contributed by atoms with Crippen LogP contribution in [0.4, 0.5) is 0 Å². The quantitative estimate of drug-likeness (QED) is 0.328. The van der Waals surface area contributed by atoms with Gasteiger partial charge in [-0.2, -0.15) is 0 Å². The zero-order valence-corrected chi connectivity index (χ0v) is 18.7. The average molecular weight is 463 g/mol. The van der Waals surface area contributed by atoms with E-state index in [4.69, 9.17) is 9.94 Å². The van der Waals surface area contributed by atoms with E-state index < -0.39 is 17.9 Å². The second kappa shape index (κ2) is 10.3. The highest BCUT2D eigenvalue weighted by Gasteiger charge is 2.32. The number of hydroxylamine groups is 1. The summed E-state index contributed by atoms with van der Waals surface area (Å²) < 4.78 is 5.94. The van der Waals surface area contributed by atoms with E-state index in [-0.39, 0.29) is 31.2 Å². The molecular weight excluding hydrogens is 436 g/mol. The molecule has 1 aromatic heterocycles. The van der Waals surface area contributed by atoms with Crippen LogP contribution in [0.5, 0.6) is 5.75 Å². The van der Waals surface area contributed by atoms with Crippen molar-refractivity contribution in [2.75, 3.05) is 6.54 Å². The summed E-state index contributed by atoms with van der Waals surface area (Å²) in [5, 5.41) is 15.5. The first-order chi connectivity index (χ1) is 16.4. The SMILES string of the molecule is Cc1cc(COc2ccc(C(=O)N[C@@H]3CNC(=O)CC[C@@H]3C(=O)NO)cc2)c2ccccc2n1. The number of ether oxygens (including phenoxy) is 1. The summed E-state index contributed by atoms with van der Waals surface area (Å²) in [6.45, 7) is 2.40. The number of rotatable bonds is 6. The van der Waals surface area contributed by atoms with Gasteiger partial charge in [0.05, 0.1) is 17.5 Å². The molecule has 1 saturated heterocycles. The summed E-state index contributed by atoms with van der Waals surface area (Å²) in [5.74, 6) is -1.35. The molecule has 1 aliphatic heterocycles. The van der Waals surface area contributed by atoms with Crippen LogP contribution < -0.4 is 20.9 Å². The maximum atomic E-state index is 12.8. The van der Waals surface area contributed by atoms with E-state index >= 15 is 0 Å². The zero-order chi connectivity index (χ0) is 24.1. The molecule has 0 radical (unpaired) electrons. The molecule has 3 amide bonds. The summed E-state index contributed by atoms with van der Waals surface area (Å²) >= 11 is 0. The summed E-state index contributed by atoms with van der Waals surface area (Å²) in [7, 11) is 0. The Morgan fingerprint density at radius 1 is 1.18 bits per heavy atom. The van der Waals surface area contributed by atoms with E-state index in [9.17, 15) is 14.4 Å².